The van der Waals surface area contributed by atoms with Gasteiger partial charge in [0.1, 0.15) is 13.2 Å². The summed E-state index contributed by atoms with van der Waals surface area (Å²) in [6.45, 7) is 1.00. The molecule has 1 N–H and O–H groups in total. The first kappa shape index (κ1) is 15.5. The number of amides is 1. The number of aromatic nitrogens is 2. The molecule has 3 aromatic rings. The first-order valence-corrected chi connectivity index (χ1v) is 7.88. The van der Waals surface area contributed by atoms with E-state index in [1.165, 1.54) is 0 Å². The minimum atomic E-state index is -0.428. The van der Waals surface area contributed by atoms with Gasteiger partial charge in [-0.1, -0.05) is 28.8 Å². The van der Waals surface area contributed by atoms with Crippen molar-refractivity contribution in [2.75, 3.05) is 18.5 Å². The molecule has 1 aliphatic rings. The Bertz CT molecular complexity index is 941. The maximum atomic E-state index is 12.2. The number of carbonyl (C=O) groups excluding carboxylic acids is 1. The summed E-state index contributed by atoms with van der Waals surface area (Å²) in [6, 6.07) is 12.0. The molecular weight excluding hydrogens is 346 g/mol. The van der Waals surface area contributed by atoms with E-state index in [-0.39, 0.29) is 11.9 Å². The van der Waals surface area contributed by atoms with E-state index in [1.807, 2.05) is 0 Å². The van der Waals surface area contributed by atoms with Crippen LogP contribution in [0.5, 0.6) is 11.5 Å². The average Bonchev–Trinajstić information content (AvgIpc) is 3.10. The predicted molar refractivity (Wildman–Crippen MR) is 90.1 cm³/mol. The zero-order valence-corrected chi connectivity index (χ0v) is 13.6. The number of ether oxygens (including phenoxy) is 2. The Balaban J connectivity index is 1.54. The van der Waals surface area contributed by atoms with Gasteiger partial charge in [-0.2, -0.15) is 0 Å². The van der Waals surface area contributed by atoms with Gasteiger partial charge in [-0.3, -0.25) is 10.1 Å². The van der Waals surface area contributed by atoms with Crippen LogP contribution >= 0.6 is 11.6 Å². The van der Waals surface area contributed by atoms with Gasteiger partial charge in [0.15, 0.2) is 11.5 Å². The quantitative estimate of drug-likeness (QED) is 0.773. The largest absolute Gasteiger partial charge is 0.486 e. The number of rotatable bonds is 3. The van der Waals surface area contributed by atoms with Gasteiger partial charge in [0.25, 0.3) is 5.91 Å². The molecule has 0 saturated carbocycles. The fourth-order valence-corrected chi connectivity index (χ4v) is 2.60. The van der Waals surface area contributed by atoms with Crippen molar-refractivity contribution in [2.24, 2.45) is 0 Å². The van der Waals surface area contributed by atoms with Gasteiger partial charge in [0, 0.05) is 5.56 Å². The Morgan fingerprint density at radius 3 is 2.68 bits per heavy atom. The maximum absolute atomic E-state index is 12.2. The summed E-state index contributed by atoms with van der Waals surface area (Å²) in [7, 11) is 0. The number of halogens is 1. The third-order valence-electron chi connectivity index (χ3n) is 3.55. The van der Waals surface area contributed by atoms with Gasteiger partial charge in [0.05, 0.1) is 10.6 Å². The lowest BCUT2D eigenvalue weighted by molar-refractivity contribution is 0.102. The first-order valence-electron chi connectivity index (χ1n) is 7.50. The molecule has 4 rings (SSSR count). The van der Waals surface area contributed by atoms with Crippen LogP contribution in [0.1, 0.15) is 10.4 Å². The molecule has 8 heteroatoms. The van der Waals surface area contributed by atoms with Crippen LogP contribution in [-0.2, 0) is 0 Å². The summed E-state index contributed by atoms with van der Waals surface area (Å²) in [5.74, 6) is 1.11. The van der Waals surface area contributed by atoms with Crippen LogP contribution < -0.4 is 14.8 Å². The highest BCUT2D eigenvalue weighted by atomic mass is 35.5. The number of hydrogen-bond donors (Lipinski definition) is 1. The van der Waals surface area contributed by atoms with Crippen LogP contribution in [0.15, 0.2) is 46.9 Å². The van der Waals surface area contributed by atoms with E-state index in [9.17, 15) is 4.79 Å². The molecule has 0 aliphatic carbocycles. The van der Waals surface area contributed by atoms with Gasteiger partial charge in [0.2, 0.25) is 5.89 Å². The van der Waals surface area contributed by atoms with Gasteiger partial charge in [-0.15, -0.1) is 5.10 Å². The van der Waals surface area contributed by atoms with Crippen LogP contribution in [0.3, 0.4) is 0 Å². The molecule has 0 fully saturated rings. The van der Waals surface area contributed by atoms with E-state index in [0.717, 1.165) is 0 Å². The standard InChI is InChI=1S/C17H12ClN3O4/c18-12-4-2-1-3-11(12)15(22)19-17-21-20-16(25-17)10-5-6-13-14(9-10)24-8-7-23-13/h1-6,9H,7-8H2,(H,19,21,22). The Labute approximate surface area is 147 Å². The van der Waals surface area contributed by atoms with Crippen LogP contribution in [-0.4, -0.2) is 29.3 Å². The lowest BCUT2D eigenvalue weighted by atomic mass is 10.2. The Hall–Kier alpha value is -3.06. The third-order valence-corrected chi connectivity index (χ3v) is 3.88. The lowest BCUT2D eigenvalue weighted by Gasteiger charge is -2.18. The molecule has 126 valence electrons. The van der Waals surface area contributed by atoms with Crippen LogP contribution in [0, 0.1) is 0 Å². The molecule has 0 bridgehead atoms. The molecule has 0 atom stereocenters. The molecule has 0 unspecified atom stereocenters. The van der Waals surface area contributed by atoms with E-state index < -0.39 is 5.91 Å². The van der Waals surface area contributed by atoms with Crippen molar-refractivity contribution in [3.05, 3.63) is 53.1 Å². The van der Waals surface area contributed by atoms with E-state index >= 15 is 0 Å². The monoisotopic (exact) mass is 357 g/mol. The fraction of sp³-hybridized carbons (Fsp3) is 0.118. The number of benzene rings is 2. The second-order valence-corrected chi connectivity index (χ2v) is 5.61. The van der Waals surface area contributed by atoms with E-state index in [4.69, 9.17) is 25.5 Å². The molecule has 2 heterocycles. The molecule has 7 nitrogen and oxygen atoms in total. The number of anilines is 1. The van der Waals surface area contributed by atoms with Gasteiger partial charge < -0.3 is 13.9 Å². The summed E-state index contributed by atoms with van der Waals surface area (Å²) >= 11 is 6.00. The summed E-state index contributed by atoms with van der Waals surface area (Å²) in [4.78, 5) is 12.2. The Morgan fingerprint density at radius 1 is 1.04 bits per heavy atom. The highest BCUT2D eigenvalue weighted by Gasteiger charge is 2.17. The lowest BCUT2D eigenvalue weighted by Crippen LogP contribution is -2.15. The minimum Gasteiger partial charge on any atom is -0.486 e. The van der Waals surface area contributed by atoms with Crippen molar-refractivity contribution in [2.45, 2.75) is 0 Å². The van der Waals surface area contributed by atoms with Gasteiger partial charge in [-0.05, 0) is 30.3 Å². The van der Waals surface area contributed by atoms with Gasteiger partial charge in [-0.25, -0.2) is 0 Å². The molecule has 1 amide bonds. The number of hydrogen-bond acceptors (Lipinski definition) is 6. The van der Waals surface area contributed by atoms with Crippen molar-refractivity contribution < 1.29 is 18.7 Å². The predicted octanol–water partition coefficient (Wildman–Crippen LogP) is 3.41. The second-order valence-electron chi connectivity index (χ2n) is 5.20. The zero-order valence-electron chi connectivity index (χ0n) is 12.9. The second kappa shape index (κ2) is 6.45. The highest BCUT2D eigenvalue weighted by molar-refractivity contribution is 6.34. The molecule has 0 spiro atoms. The average molecular weight is 358 g/mol. The van der Waals surface area contributed by atoms with Crippen molar-refractivity contribution in [1.82, 2.24) is 10.2 Å². The van der Waals surface area contributed by atoms with Gasteiger partial charge >= 0.3 is 6.01 Å². The smallest absolute Gasteiger partial charge is 0.322 e. The molecule has 1 aliphatic heterocycles. The zero-order chi connectivity index (χ0) is 17.2. The minimum absolute atomic E-state index is 0.0187. The van der Waals surface area contributed by atoms with E-state index in [1.54, 1.807) is 42.5 Å². The van der Waals surface area contributed by atoms with Crippen molar-refractivity contribution in [3.63, 3.8) is 0 Å². The molecule has 0 saturated heterocycles. The van der Waals surface area contributed by atoms with Crippen molar-refractivity contribution in [1.29, 1.82) is 0 Å². The highest BCUT2D eigenvalue weighted by Crippen LogP contribution is 2.34. The number of fused-ring (bicyclic) bond motifs is 1. The fourth-order valence-electron chi connectivity index (χ4n) is 2.38. The van der Waals surface area contributed by atoms with E-state index in [0.29, 0.717) is 40.9 Å². The summed E-state index contributed by atoms with van der Waals surface area (Å²) in [5, 5.41) is 10.7. The normalized spacial score (nSPS) is 12.7. The summed E-state index contributed by atoms with van der Waals surface area (Å²) in [6.07, 6.45) is 0. The van der Waals surface area contributed by atoms with Crippen LogP contribution in [0.25, 0.3) is 11.5 Å². The van der Waals surface area contributed by atoms with Crippen LogP contribution in [0.4, 0.5) is 6.01 Å². The van der Waals surface area contributed by atoms with E-state index in [2.05, 4.69) is 15.5 Å². The Morgan fingerprint density at radius 2 is 1.84 bits per heavy atom. The van der Waals surface area contributed by atoms with Crippen LogP contribution in [0.2, 0.25) is 5.02 Å². The number of carbonyl (C=O) groups is 1. The SMILES string of the molecule is O=C(Nc1nnc(-c2ccc3c(c2)OCCO3)o1)c1ccccc1Cl. The molecule has 2 aromatic carbocycles. The summed E-state index contributed by atoms with van der Waals surface area (Å²) < 4.78 is 16.5. The Kier molecular flexibility index (Phi) is 3.99. The molecular formula is C17H12ClN3O4. The number of nitrogens with zero attached hydrogens (tertiary/aromatic N) is 2. The summed E-state index contributed by atoms with van der Waals surface area (Å²) in [5.41, 5.74) is 0.984. The first-order chi connectivity index (χ1) is 12.2. The molecule has 25 heavy (non-hydrogen) atoms. The number of nitrogens with one attached hydrogen (secondary N) is 1. The third kappa shape index (κ3) is 3.14. The topological polar surface area (TPSA) is 86.5 Å². The maximum Gasteiger partial charge on any atom is 0.322 e. The molecule has 1 aromatic heterocycles. The molecule has 0 radical (unpaired) electrons. The van der Waals surface area contributed by atoms with Crippen molar-refractivity contribution in [3.8, 4) is 23.0 Å². The van der Waals surface area contributed by atoms with Crippen molar-refractivity contribution >= 4 is 23.5 Å².